The molecule has 2 heterocycles. The molecule has 1 aliphatic heterocycles. The summed E-state index contributed by atoms with van der Waals surface area (Å²) in [7, 11) is 0. The van der Waals surface area contributed by atoms with Gasteiger partial charge in [-0.2, -0.15) is 0 Å². The van der Waals surface area contributed by atoms with Crippen molar-refractivity contribution in [1.29, 1.82) is 0 Å². The summed E-state index contributed by atoms with van der Waals surface area (Å²) in [4.78, 5) is 9.33. The van der Waals surface area contributed by atoms with E-state index in [1.165, 1.54) is 43.4 Å². The van der Waals surface area contributed by atoms with Crippen LogP contribution in [0.3, 0.4) is 0 Å². The van der Waals surface area contributed by atoms with Crippen molar-refractivity contribution in [1.82, 2.24) is 15.3 Å². The topological polar surface area (TPSA) is 37.8 Å². The van der Waals surface area contributed by atoms with Crippen molar-refractivity contribution in [3.05, 3.63) is 23.3 Å². The summed E-state index contributed by atoms with van der Waals surface area (Å²) >= 11 is 0. The lowest BCUT2D eigenvalue weighted by molar-refractivity contribution is 0.366. The van der Waals surface area contributed by atoms with Crippen LogP contribution in [0.25, 0.3) is 0 Å². The summed E-state index contributed by atoms with van der Waals surface area (Å²) in [6, 6.07) is 0. The maximum absolute atomic E-state index is 4.78. The van der Waals surface area contributed by atoms with Crippen LogP contribution >= 0.6 is 0 Å². The van der Waals surface area contributed by atoms with Crippen molar-refractivity contribution >= 4 is 0 Å². The van der Waals surface area contributed by atoms with Gasteiger partial charge in [0, 0.05) is 18.3 Å². The lowest BCUT2D eigenvalue weighted by Crippen LogP contribution is -2.29. The maximum Gasteiger partial charge on any atom is 0.128 e. The average Bonchev–Trinajstić information content (AvgIpc) is 2.40. The van der Waals surface area contributed by atoms with Gasteiger partial charge in [0.1, 0.15) is 5.82 Å². The highest BCUT2D eigenvalue weighted by atomic mass is 14.9. The fraction of sp³-hybridized carbons (Fsp3) is 0.714. The fourth-order valence-electron chi connectivity index (χ4n) is 2.96. The first kappa shape index (κ1) is 11.1. The first-order valence-electron chi connectivity index (χ1n) is 6.96. The number of aromatic nitrogens is 2. The van der Waals surface area contributed by atoms with Crippen LogP contribution in [0.2, 0.25) is 0 Å². The van der Waals surface area contributed by atoms with Gasteiger partial charge < -0.3 is 5.32 Å². The van der Waals surface area contributed by atoms with Gasteiger partial charge in [0.05, 0.1) is 0 Å². The Kier molecular flexibility index (Phi) is 3.36. The largest absolute Gasteiger partial charge is 0.317 e. The molecule has 0 saturated carbocycles. The van der Waals surface area contributed by atoms with E-state index in [0.717, 1.165) is 37.7 Å². The third-order valence-electron chi connectivity index (χ3n) is 4.04. The molecule has 3 nitrogen and oxygen atoms in total. The number of nitrogens with zero attached hydrogens (tertiary/aromatic N) is 2. The Balaban J connectivity index is 1.70. The molecule has 0 aromatic carbocycles. The van der Waals surface area contributed by atoms with Gasteiger partial charge in [0.2, 0.25) is 0 Å². The molecule has 17 heavy (non-hydrogen) atoms. The van der Waals surface area contributed by atoms with E-state index in [1.807, 2.05) is 0 Å². The second-order valence-electron chi connectivity index (χ2n) is 5.36. The third kappa shape index (κ3) is 2.65. The molecule has 0 unspecified atom stereocenters. The molecule has 0 radical (unpaired) electrons. The molecular weight excluding hydrogens is 210 g/mol. The Hall–Kier alpha value is -0.960. The van der Waals surface area contributed by atoms with E-state index in [4.69, 9.17) is 4.98 Å². The average molecular weight is 231 g/mol. The van der Waals surface area contributed by atoms with E-state index in [2.05, 4.69) is 16.5 Å². The molecule has 1 N–H and O–H groups in total. The third-order valence-corrected chi connectivity index (χ3v) is 4.04. The Morgan fingerprint density at radius 1 is 1.18 bits per heavy atom. The van der Waals surface area contributed by atoms with Gasteiger partial charge in [0.25, 0.3) is 0 Å². The smallest absolute Gasteiger partial charge is 0.128 e. The van der Waals surface area contributed by atoms with Crippen LogP contribution in [-0.2, 0) is 19.3 Å². The number of hydrogen-bond donors (Lipinski definition) is 1. The van der Waals surface area contributed by atoms with E-state index in [1.54, 1.807) is 0 Å². The summed E-state index contributed by atoms with van der Waals surface area (Å²) in [6.07, 6.45) is 10.7. The SMILES string of the molecule is c1nc(CC2CCNCC2)nc2c1CCCC2. The molecule has 1 aromatic heterocycles. The number of aryl methyl sites for hydroxylation is 2. The second kappa shape index (κ2) is 5.13. The molecule has 1 fully saturated rings. The molecule has 2 aliphatic rings. The van der Waals surface area contributed by atoms with Crippen LogP contribution < -0.4 is 5.32 Å². The van der Waals surface area contributed by atoms with E-state index in [0.29, 0.717) is 0 Å². The van der Waals surface area contributed by atoms with Crippen molar-refractivity contribution in [3.63, 3.8) is 0 Å². The zero-order chi connectivity index (χ0) is 11.5. The van der Waals surface area contributed by atoms with Gasteiger partial charge in [-0.3, -0.25) is 0 Å². The molecule has 92 valence electrons. The molecule has 0 amide bonds. The lowest BCUT2D eigenvalue weighted by Gasteiger charge is -2.22. The zero-order valence-electron chi connectivity index (χ0n) is 10.4. The molecular formula is C14H21N3. The number of nitrogens with one attached hydrogen (secondary N) is 1. The quantitative estimate of drug-likeness (QED) is 0.844. The first-order chi connectivity index (χ1) is 8.42. The lowest BCUT2D eigenvalue weighted by atomic mass is 9.93. The van der Waals surface area contributed by atoms with Crippen molar-refractivity contribution in [2.24, 2.45) is 5.92 Å². The second-order valence-corrected chi connectivity index (χ2v) is 5.36. The number of rotatable bonds is 2. The van der Waals surface area contributed by atoms with Gasteiger partial charge >= 0.3 is 0 Å². The predicted molar refractivity (Wildman–Crippen MR) is 68.0 cm³/mol. The van der Waals surface area contributed by atoms with Gasteiger partial charge in [-0.1, -0.05) is 0 Å². The van der Waals surface area contributed by atoms with Gasteiger partial charge in [-0.15, -0.1) is 0 Å². The fourth-order valence-corrected chi connectivity index (χ4v) is 2.96. The van der Waals surface area contributed by atoms with Gasteiger partial charge in [-0.25, -0.2) is 9.97 Å². The van der Waals surface area contributed by atoms with Crippen molar-refractivity contribution < 1.29 is 0 Å². The van der Waals surface area contributed by atoms with Crippen molar-refractivity contribution in [2.45, 2.75) is 44.9 Å². The monoisotopic (exact) mass is 231 g/mol. The van der Waals surface area contributed by atoms with Crippen LogP contribution in [0.1, 0.15) is 42.8 Å². The predicted octanol–water partition coefficient (Wildman–Crippen LogP) is 1.90. The standard InChI is InChI=1S/C14H21N3/c1-2-4-13-12(3-1)10-16-14(17-13)9-11-5-7-15-8-6-11/h10-11,15H,1-9H2. The molecule has 1 aliphatic carbocycles. The van der Waals surface area contributed by atoms with E-state index >= 15 is 0 Å². The van der Waals surface area contributed by atoms with Crippen molar-refractivity contribution in [2.75, 3.05) is 13.1 Å². The van der Waals surface area contributed by atoms with Crippen LogP contribution in [0.4, 0.5) is 0 Å². The summed E-state index contributed by atoms with van der Waals surface area (Å²) in [5.41, 5.74) is 2.72. The van der Waals surface area contributed by atoms with E-state index < -0.39 is 0 Å². The van der Waals surface area contributed by atoms with Crippen LogP contribution in [0.5, 0.6) is 0 Å². The van der Waals surface area contributed by atoms with Crippen molar-refractivity contribution in [3.8, 4) is 0 Å². The first-order valence-corrected chi connectivity index (χ1v) is 6.96. The Bertz CT molecular complexity index is 383. The molecule has 1 saturated heterocycles. The minimum absolute atomic E-state index is 0.790. The molecule has 0 atom stereocenters. The number of piperidine rings is 1. The van der Waals surface area contributed by atoms with Gasteiger partial charge in [-0.05, 0) is 63.1 Å². The highest BCUT2D eigenvalue weighted by molar-refractivity contribution is 5.20. The van der Waals surface area contributed by atoms with Crippen LogP contribution in [0.15, 0.2) is 6.20 Å². The molecule has 0 bridgehead atoms. The Morgan fingerprint density at radius 2 is 2.00 bits per heavy atom. The molecule has 3 heteroatoms. The highest BCUT2D eigenvalue weighted by Gasteiger charge is 2.17. The van der Waals surface area contributed by atoms with Crippen LogP contribution in [0, 0.1) is 5.92 Å². The Morgan fingerprint density at radius 3 is 2.88 bits per heavy atom. The number of fused-ring (bicyclic) bond motifs is 1. The van der Waals surface area contributed by atoms with Gasteiger partial charge in [0.15, 0.2) is 0 Å². The Labute approximate surface area is 103 Å². The number of hydrogen-bond acceptors (Lipinski definition) is 3. The molecule has 0 spiro atoms. The normalized spacial score (nSPS) is 21.2. The molecule has 1 aromatic rings. The highest BCUT2D eigenvalue weighted by Crippen LogP contribution is 2.20. The summed E-state index contributed by atoms with van der Waals surface area (Å²) in [5.74, 6) is 1.87. The zero-order valence-corrected chi connectivity index (χ0v) is 10.4. The minimum Gasteiger partial charge on any atom is -0.317 e. The summed E-state index contributed by atoms with van der Waals surface area (Å²) < 4.78 is 0. The van der Waals surface area contributed by atoms with Crippen LogP contribution in [-0.4, -0.2) is 23.1 Å². The maximum atomic E-state index is 4.78. The summed E-state index contributed by atoms with van der Waals surface area (Å²) in [5, 5.41) is 3.41. The summed E-state index contributed by atoms with van der Waals surface area (Å²) in [6.45, 7) is 2.32. The minimum atomic E-state index is 0.790. The van der Waals surface area contributed by atoms with E-state index in [-0.39, 0.29) is 0 Å². The molecule has 3 rings (SSSR count). The van der Waals surface area contributed by atoms with E-state index in [9.17, 15) is 0 Å².